The molecule has 0 unspecified atom stereocenters. The van der Waals surface area contributed by atoms with Gasteiger partial charge in [0.05, 0.1) is 6.54 Å². The van der Waals surface area contributed by atoms with Crippen LogP contribution in [0.15, 0.2) is 33.0 Å². The highest BCUT2D eigenvalue weighted by Crippen LogP contribution is 2.17. The lowest BCUT2D eigenvalue weighted by Crippen LogP contribution is -2.39. The molecule has 2 rings (SSSR count). The monoisotopic (exact) mass is 331 g/mol. The standard InChI is InChI=1S/C14H17N7O3/c1-4-15-11-10(12(23)21(3)14(24)20(11)2)18-8-9(22)19-13-16-6-5-7-17-13/h4-7,18H,8H2,1-3H3,(H,16,17,19,22)/b15-4-. The maximum absolute atomic E-state index is 12.3. The molecule has 10 heteroatoms. The van der Waals surface area contributed by atoms with E-state index >= 15 is 0 Å². The van der Waals surface area contributed by atoms with Gasteiger partial charge in [-0.25, -0.2) is 19.8 Å². The van der Waals surface area contributed by atoms with Gasteiger partial charge >= 0.3 is 5.69 Å². The Morgan fingerprint density at radius 2 is 1.92 bits per heavy atom. The Labute approximate surface area is 136 Å². The van der Waals surface area contributed by atoms with E-state index in [0.29, 0.717) is 0 Å². The summed E-state index contributed by atoms with van der Waals surface area (Å²) in [6.45, 7) is 1.45. The third-order valence-corrected chi connectivity index (χ3v) is 3.13. The Hall–Kier alpha value is -3.30. The molecule has 0 saturated carbocycles. The van der Waals surface area contributed by atoms with E-state index in [9.17, 15) is 14.4 Å². The zero-order chi connectivity index (χ0) is 17.7. The molecule has 0 aliphatic heterocycles. The Morgan fingerprint density at radius 1 is 1.25 bits per heavy atom. The van der Waals surface area contributed by atoms with Crippen molar-refractivity contribution >= 4 is 29.6 Å². The van der Waals surface area contributed by atoms with Crippen LogP contribution in [0, 0.1) is 0 Å². The average Bonchev–Trinajstić information content (AvgIpc) is 2.58. The molecule has 0 bridgehead atoms. The molecule has 2 N–H and O–H groups in total. The van der Waals surface area contributed by atoms with Gasteiger partial charge in [0.1, 0.15) is 5.69 Å². The van der Waals surface area contributed by atoms with Crippen LogP contribution in [-0.4, -0.2) is 37.8 Å². The highest BCUT2D eigenvalue weighted by atomic mass is 16.2. The minimum Gasteiger partial charge on any atom is -0.369 e. The van der Waals surface area contributed by atoms with Gasteiger partial charge in [0.2, 0.25) is 11.9 Å². The molecule has 24 heavy (non-hydrogen) atoms. The van der Waals surface area contributed by atoms with E-state index in [-0.39, 0.29) is 24.0 Å². The zero-order valence-corrected chi connectivity index (χ0v) is 13.5. The van der Waals surface area contributed by atoms with E-state index in [1.165, 1.54) is 37.3 Å². The topological polar surface area (TPSA) is 123 Å². The number of aliphatic imine (C=N–C) groups is 1. The highest BCUT2D eigenvalue weighted by molar-refractivity contribution is 5.92. The van der Waals surface area contributed by atoms with Crippen molar-refractivity contribution in [1.82, 2.24) is 19.1 Å². The molecule has 0 spiro atoms. The van der Waals surface area contributed by atoms with Crippen molar-refractivity contribution in [2.45, 2.75) is 6.92 Å². The molecule has 0 aromatic carbocycles. The van der Waals surface area contributed by atoms with Crippen LogP contribution in [0.4, 0.5) is 17.5 Å². The molecule has 0 atom stereocenters. The fourth-order valence-corrected chi connectivity index (χ4v) is 1.96. The predicted molar refractivity (Wildman–Crippen MR) is 89.9 cm³/mol. The molecule has 2 heterocycles. The second-order valence-electron chi connectivity index (χ2n) is 4.77. The van der Waals surface area contributed by atoms with Gasteiger partial charge in [-0.2, -0.15) is 0 Å². The molecular weight excluding hydrogens is 314 g/mol. The van der Waals surface area contributed by atoms with E-state index in [1.54, 1.807) is 13.0 Å². The van der Waals surface area contributed by atoms with Crippen molar-refractivity contribution in [2.24, 2.45) is 19.1 Å². The van der Waals surface area contributed by atoms with Gasteiger partial charge in [0.25, 0.3) is 5.56 Å². The molecule has 126 valence electrons. The summed E-state index contributed by atoms with van der Waals surface area (Å²) in [4.78, 5) is 47.9. The SMILES string of the molecule is C/C=N\c1c(NCC(=O)Nc2ncccn2)c(=O)n(C)c(=O)n1C. The fraction of sp³-hybridized carbons (Fsp3) is 0.286. The number of anilines is 2. The Bertz CT molecular complexity index is 884. The number of carbonyl (C=O) groups excluding carboxylic acids is 1. The number of hydrogen-bond acceptors (Lipinski definition) is 7. The van der Waals surface area contributed by atoms with Gasteiger partial charge in [0.15, 0.2) is 5.82 Å². The van der Waals surface area contributed by atoms with E-state index in [2.05, 4.69) is 25.6 Å². The first-order chi connectivity index (χ1) is 11.5. The summed E-state index contributed by atoms with van der Waals surface area (Å²) in [6.07, 6.45) is 4.44. The lowest BCUT2D eigenvalue weighted by Gasteiger charge is -2.13. The maximum atomic E-state index is 12.3. The van der Waals surface area contributed by atoms with Gasteiger partial charge in [-0.15, -0.1) is 0 Å². The van der Waals surface area contributed by atoms with Crippen molar-refractivity contribution in [2.75, 3.05) is 17.2 Å². The molecular formula is C14H17N7O3. The quantitative estimate of drug-likeness (QED) is 0.722. The molecule has 1 amide bonds. The normalized spacial score (nSPS) is 10.8. The van der Waals surface area contributed by atoms with Crippen LogP contribution in [-0.2, 0) is 18.9 Å². The van der Waals surface area contributed by atoms with E-state index in [1.807, 2.05) is 0 Å². The first kappa shape index (κ1) is 17.1. The van der Waals surface area contributed by atoms with Crippen molar-refractivity contribution in [3.63, 3.8) is 0 Å². The van der Waals surface area contributed by atoms with E-state index < -0.39 is 17.2 Å². The van der Waals surface area contributed by atoms with Crippen molar-refractivity contribution in [3.05, 3.63) is 39.3 Å². The number of aromatic nitrogens is 4. The number of amides is 1. The molecule has 0 saturated heterocycles. The lowest BCUT2D eigenvalue weighted by atomic mass is 10.4. The number of hydrogen-bond donors (Lipinski definition) is 2. The summed E-state index contributed by atoms with van der Waals surface area (Å²) in [5, 5.41) is 5.21. The largest absolute Gasteiger partial charge is 0.369 e. The maximum Gasteiger partial charge on any atom is 0.332 e. The third-order valence-electron chi connectivity index (χ3n) is 3.13. The van der Waals surface area contributed by atoms with E-state index in [0.717, 1.165) is 4.57 Å². The second-order valence-corrected chi connectivity index (χ2v) is 4.77. The van der Waals surface area contributed by atoms with Crippen LogP contribution >= 0.6 is 0 Å². The van der Waals surface area contributed by atoms with Crippen molar-refractivity contribution in [1.29, 1.82) is 0 Å². The Kier molecular flexibility index (Phi) is 5.20. The molecule has 2 aromatic heterocycles. The van der Waals surface area contributed by atoms with Crippen LogP contribution in [0.2, 0.25) is 0 Å². The summed E-state index contributed by atoms with van der Waals surface area (Å²) in [7, 11) is 2.85. The Balaban J connectivity index is 2.25. The average molecular weight is 331 g/mol. The number of nitrogens with zero attached hydrogens (tertiary/aromatic N) is 5. The summed E-state index contributed by atoms with van der Waals surface area (Å²) >= 11 is 0. The number of rotatable bonds is 5. The van der Waals surface area contributed by atoms with Crippen LogP contribution in [0.3, 0.4) is 0 Å². The van der Waals surface area contributed by atoms with Gasteiger partial charge < -0.3 is 5.32 Å². The van der Waals surface area contributed by atoms with Crippen molar-refractivity contribution < 1.29 is 4.79 Å². The summed E-state index contributed by atoms with van der Waals surface area (Å²) in [5.41, 5.74) is -1.02. The van der Waals surface area contributed by atoms with Crippen LogP contribution < -0.4 is 21.9 Å². The predicted octanol–water partition coefficient (Wildman–Crippen LogP) is -0.353. The zero-order valence-electron chi connectivity index (χ0n) is 13.5. The molecule has 0 fully saturated rings. The molecule has 2 aromatic rings. The minimum atomic E-state index is -0.567. The smallest absolute Gasteiger partial charge is 0.332 e. The first-order valence-electron chi connectivity index (χ1n) is 7.05. The summed E-state index contributed by atoms with van der Waals surface area (Å²) in [6, 6.07) is 1.62. The van der Waals surface area contributed by atoms with Gasteiger partial charge in [-0.3, -0.25) is 24.0 Å². The molecule has 10 nitrogen and oxygen atoms in total. The first-order valence-corrected chi connectivity index (χ1v) is 7.05. The molecule has 0 radical (unpaired) electrons. The number of nitrogens with one attached hydrogen (secondary N) is 2. The molecule has 0 aliphatic carbocycles. The third kappa shape index (κ3) is 3.54. The van der Waals surface area contributed by atoms with Gasteiger partial charge in [-0.05, 0) is 13.0 Å². The van der Waals surface area contributed by atoms with E-state index in [4.69, 9.17) is 0 Å². The summed E-state index contributed by atoms with van der Waals surface area (Å²) in [5.74, 6) is -0.137. The lowest BCUT2D eigenvalue weighted by molar-refractivity contribution is -0.114. The van der Waals surface area contributed by atoms with Gasteiger partial charge in [-0.1, -0.05) is 0 Å². The fourth-order valence-electron chi connectivity index (χ4n) is 1.96. The van der Waals surface area contributed by atoms with Gasteiger partial charge in [0, 0.05) is 32.7 Å². The van der Waals surface area contributed by atoms with Crippen molar-refractivity contribution in [3.8, 4) is 0 Å². The Morgan fingerprint density at radius 3 is 2.54 bits per heavy atom. The summed E-state index contributed by atoms with van der Waals surface area (Å²) < 4.78 is 2.16. The van der Waals surface area contributed by atoms with Crippen LogP contribution in [0.1, 0.15) is 6.92 Å². The highest BCUT2D eigenvalue weighted by Gasteiger charge is 2.15. The minimum absolute atomic E-state index is 0.0573. The van der Waals surface area contributed by atoms with Crippen LogP contribution in [0.5, 0.6) is 0 Å². The second kappa shape index (κ2) is 7.31. The van der Waals surface area contributed by atoms with Crippen LogP contribution in [0.25, 0.3) is 0 Å². The number of carbonyl (C=O) groups is 1. The molecule has 0 aliphatic rings.